The van der Waals surface area contributed by atoms with Gasteiger partial charge in [-0.2, -0.15) is 13.2 Å². The first-order valence-corrected chi connectivity index (χ1v) is 7.11. The summed E-state index contributed by atoms with van der Waals surface area (Å²) in [5.74, 6) is -0.704. The predicted molar refractivity (Wildman–Crippen MR) is 71.6 cm³/mol. The van der Waals surface area contributed by atoms with Gasteiger partial charge in [-0.25, -0.2) is 4.79 Å². The van der Waals surface area contributed by atoms with Crippen LogP contribution in [0.15, 0.2) is 12.2 Å². The molecule has 1 heterocycles. The predicted octanol–water partition coefficient (Wildman–Crippen LogP) is 2.35. The Morgan fingerprint density at radius 3 is 2.35 bits per heavy atom. The second kappa shape index (κ2) is 6.60. The molecule has 20 heavy (non-hydrogen) atoms. The molecule has 1 rings (SSSR count). The molecular formula is C12H16BrF3N2O2. The Bertz CT molecular complexity index is 412. The van der Waals surface area contributed by atoms with Gasteiger partial charge in [0.2, 0.25) is 0 Å². The maximum Gasteiger partial charge on any atom is 0.405 e. The van der Waals surface area contributed by atoms with Crippen molar-refractivity contribution in [3.8, 4) is 0 Å². The molecule has 1 fully saturated rings. The molecule has 114 valence electrons. The smallest absolute Gasteiger partial charge is 0.329 e. The lowest BCUT2D eigenvalue weighted by atomic mass is 9.88. The van der Waals surface area contributed by atoms with Gasteiger partial charge in [-0.3, -0.25) is 4.79 Å². The van der Waals surface area contributed by atoms with Crippen LogP contribution in [0.4, 0.5) is 18.0 Å². The number of rotatable bonds is 4. The Kier molecular flexibility index (Phi) is 5.61. The molecule has 1 aliphatic rings. The fourth-order valence-electron chi connectivity index (χ4n) is 2.18. The van der Waals surface area contributed by atoms with Crippen molar-refractivity contribution in [2.45, 2.75) is 13.1 Å². The second-order valence-corrected chi connectivity index (χ2v) is 5.40. The third kappa shape index (κ3) is 4.50. The van der Waals surface area contributed by atoms with Crippen LogP contribution in [-0.4, -0.2) is 47.9 Å². The molecule has 0 bridgehead atoms. The molecule has 1 aliphatic heterocycles. The number of Topliss-reactive ketones (excluding diaryl/α,β-unsaturated/α-hetero) is 1. The highest BCUT2D eigenvalue weighted by atomic mass is 79.9. The topological polar surface area (TPSA) is 49.4 Å². The SMILES string of the molecule is C=C(C)[C@H]1CN(C(=O)NCC(F)(F)F)C[C@H]1C(=O)CBr. The number of amides is 2. The fourth-order valence-corrected chi connectivity index (χ4v) is 2.60. The van der Waals surface area contributed by atoms with Gasteiger partial charge in [-0.15, -0.1) is 0 Å². The monoisotopic (exact) mass is 356 g/mol. The van der Waals surface area contributed by atoms with Gasteiger partial charge in [-0.1, -0.05) is 28.1 Å². The van der Waals surface area contributed by atoms with Crippen molar-refractivity contribution >= 4 is 27.7 Å². The van der Waals surface area contributed by atoms with Crippen LogP contribution in [0.25, 0.3) is 0 Å². The zero-order valence-corrected chi connectivity index (χ0v) is 12.6. The molecule has 1 N–H and O–H groups in total. The van der Waals surface area contributed by atoms with Crippen LogP contribution in [-0.2, 0) is 4.79 Å². The molecule has 0 spiro atoms. The van der Waals surface area contributed by atoms with E-state index in [-0.39, 0.29) is 30.1 Å². The summed E-state index contributed by atoms with van der Waals surface area (Å²) in [6.07, 6.45) is -4.45. The van der Waals surface area contributed by atoms with E-state index in [1.54, 1.807) is 6.92 Å². The van der Waals surface area contributed by atoms with Crippen LogP contribution in [0.5, 0.6) is 0 Å². The van der Waals surface area contributed by atoms with E-state index in [0.717, 1.165) is 5.57 Å². The molecule has 8 heteroatoms. The molecular weight excluding hydrogens is 341 g/mol. The number of likely N-dealkylation sites (tertiary alicyclic amines) is 1. The fraction of sp³-hybridized carbons (Fsp3) is 0.667. The summed E-state index contributed by atoms with van der Waals surface area (Å²) in [5, 5.41) is 1.96. The molecule has 0 aliphatic carbocycles. The first-order valence-electron chi connectivity index (χ1n) is 5.99. The van der Waals surface area contributed by atoms with Crippen molar-refractivity contribution in [2.24, 2.45) is 11.8 Å². The van der Waals surface area contributed by atoms with E-state index >= 15 is 0 Å². The van der Waals surface area contributed by atoms with E-state index in [1.165, 1.54) is 4.90 Å². The van der Waals surface area contributed by atoms with Crippen molar-refractivity contribution in [3.05, 3.63) is 12.2 Å². The van der Waals surface area contributed by atoms with E-state index in [9.17, 15) is 22.8 Å². The molecule has 0 aromatic rings. The first kappa shape index (κ1) is 17.0. The average Bonchev–Trinajstić information content (AvgIpc) is 2.79. The van der Waals surface area contributed by atoms with Gasteiger partial charge in [0.15, 0.2) is 0 Å². The van der Waals surface area contributed by atoms with Gasteiger partial charge >= 0.3 is 12.2 Å². The number of nitrogens with one attached hydrogen (secondary N) is 1. The van der Waals surface area contributed by atoms with E-state index in [2.05, 4.69) is 22.5 Å². The van der Waals surface area contributed by atoms with E-state index in [0.29, 0.717) is 0 Å². The second-order valence-electron chi connectivity index (χ2n) is 4.84. The van der Waals surface area contributed by atoms with E-state index < -0.39 is 24.7 Å². The molecule has 0 unspecified atom stereocenters. The number of carbonyl (C=O) groups excluding carboxylic acids is 2. The highest BCUT2D eigenvalue weighted by Gasteiger charge is 2.39. The quantitative estimate of drug-likeness (QED) is 0.620. The molecule has 2 amide bonds. The Labute approximate surface area is 123 Å². The summed E-state index contributed by atoms with van der Waals surface area (Å²) >= 11 is 3.07. The Morgan fingerprint density at radius 1 is 1.35 bits per heavy atom. The number of halogens is 4. The van der Waals surface area contributed by atoms with Gasteiger partial charge < -0.3 is 10.2 Å². The largest absolute Gasteiger partial charge is 0.405 e. The summed E-state index contributed by atoms with van der Waals surface area (Å²) in [6, 6.07) is -0.807. The minimum absolute atomic E-state index is 0.0795. The Hall–Kier alpha value is -1.05. The molecule has 1 saturated heterocycles. The summed E-state index contributed by atoms with van der Waals surface area (Å²) in [4.78, 5) is 24.7. The van der Waals surface area contributed by atoms with Gasteiger partial charge in [0.05, 0.1) is 5.33 Å². The number of alkyl halides is 4. The van der Waals surface area contributed by atoms with Crippen molar-refractivity contribution in [1.82, 2.24) is 10.2 Å². The average molecular weight is 357 g/mol. The van der Waals surface area contributed by atoms with Crippen molar-refractivity contribution in [3.63, 3.8) is 0 Å². The van der Waals surface area contributed by atoms with Gasteiger partial charge in [-0.05, 0) is 6.92 Å². The van der Waals surface area contributed by atoms with Crippen molar-refractivity contribution in [2.75, 3.05) is 25.0 Å². The standard InChI is InChI=1S/C12H16BrF3N2O2/c1-7(2)8-4-18(5-9(8)10(19)3-13)11(20)17-6-12(14,15)16/h8-9H,1,3-6H2,2H3,(H,17,20)/t8-,9-/m1/s1. The van der Waals surface area contributed by atoms with Crippen LogP contribution in [0, 0.1) is 11.8 Å². The van der Waals surface area contributed by atoms with E-state index in [1.807, 2.05) is 5.32 Å². The lowest BCUT2D eigenvalue weighted by Crippen LogP contribution is -2.43. The van der Waals surface area contributed by atoms with Gasteiger partial charge in [0.1, 0.15) is 12.3 Å². The molecule has 0 aromatic heterocycles. The third-order valence-electron chi connectivity index (χ3n) is 3.23. The number of hydrogen-bond donors (Lipinski definition) is 1. The van der Waals surface area contributed by atoms with E-state index in [4.69, 9.17) is 0 Å². The third-order valence-corrected chi connectivity index (χ3v) is 3.78. The van der Waals surface area contributed by atoms with Crippen LogP contribution >= 0.6 is 15.9 Å². The summed E-state index contributed by atoms with van der Waals surface area (Å²) in [7, 11) is 0. The molecule has 0 radical (unpaired) electrons. The molecule has 0 aromatic carbocycles. The minimum Gasteiger partial charge on any atom is -0.329 e. The summed E-state index contributed by atoms with van der Waals surface area (Å²) in [5.41, 5.74) is 0.746. The molecule has 0 saturated carbocycles. The molecule has 4 nitrogen and oxygen atoms in total. The first-order chi connectivity index (χ1) is 9.15. The maximum atomic E-state index is 12.1. The Balaban J connectivity index is 2.68. The van der Waals surface area contributed by atoms with Crippen LogP contribution in [0.1, 0.15) is 6.92 Å². The van der Waals surface area contributed by atoms with Crippen LogP contribution in [0.3, 0.4) is 0 Å². The highest BCUT2D eigenvalue weighted by Crippen LogP contribution is 2.30. The number of hydrogen-bond acceptors (Lipinski definition) is 2. The lowest BCUT2D eigenvalue weighted by Gasteiger charge is -2.18. The maximum absolute atomic E-state index is 12.1. The summed E-state index contributed by atoms with van der Waals surface area (Å²) in [6.45, 7) is 4.47. The number of urea groups is 1. The van der Waals surface area contributed by atoms with Crippen molar-refractivity contribution < 1.29 is 22.8 Å². The Morgan fingerprint density at radius 2 is 1.90 bits per heavy atom. The molecule has 2 atom stereocenters. The highest BCUT2D eigenvalue weighted by molar-refractivity contribution is 9.09. The van der Waals surface area contributed by atoms with Crippen molar-refractivity contribution in [1.29, 1.82) is 0 Å². The zero-order valence-electron chi connectivity index (χ0n) is 11.0. The minimum atomic E-state index is -4.45. The van der Waals surface area contributed by atoms with Crippen LogP contribution < -0.4 is 5.32 Å². The number of nitrogens with zero attached hydrogens (tertiary/aromatic N) is 1. The number of carbonyl (C=O) groups is 2. The summed E-state index contributed by atoms with van der Waals surface area (Å²) < 4.78 is 36.2. The van der Waals surface area contributed by atoms with Crippen LogP contribution in [0.2, 0.25) is 0 Å². The van der Waals surface area contributed by atoms with Gasteiger partial charge in [0.25, 0.3) is 0 Å². The lowest BCUT2D eigenvalue weighted by molar-refractivity contribution is -0.123. The number of ketones is 1. The normalized spacial score (nSPS) is 22.8. The van der Waals surface area contributed by atoms with Gasteiger partial charge in [0, 0.05) is 24.9 Å². The zero-order chi connectivity index (χ0) is 15.5.